The van der Waals surface area contributed by atoms with E-state index in [1.807, 2.05) is 13.8 Å². The fourth-order valence-electron chi connectivity index (χ4n) is 3.37. The predicted octanol–water partition coefficient (Wildman–Crippen LogP) is 3.18. The topological polar surface area (TPSA) is 107 Å². The summed E-state index contributed by atoms with van der Waals surface area (Å²) in [5.41, 5.74) is 1.66. The lowest BCUT2D eigenvalue weighted by atomic mass is 10.1. The van der Waals surface area contributed by atoms with Crippen molar-refractivity contribution in [1.29, 1.82) is 0 Å². The van der Waals surface area contributed by atoms with Gasteiger partial charge in [0.25, 0.3) is 11.8 Å². The maximum Gasteiger partial charge on any atom is 0.277 e. The molecule has 4 rings (SSSR count). The Morgan fingerprint density at radius 3 is 2.72 bits per heavy atom. The summed E-state index contributed by atoms with van der Waals surface area (Å²) in [5.74, 6) is 0.732. The van der Waals surface area contributed by atoms with Gasteiger partial charge in [0.05, 0.1) is 31.6 Å². The van der Waals surface area contributed by atoms with Crippen LogP contribution in [0.5, 0.6) is 11.5 Å². The number of nitrogens with zero attached hydrogens (tertiary/aromatic N) is 4. The first-order valence-electron chi connectivity index (χ1n) is 10.3. The first-order chi connectivity index (χ1) is 15.6. The van der Waals surface area contributed by atoms with Crippen LogP contribution in [0.4, 0.5) is 5.13 Å². The molecule has 3 aromatic rings. The minimum atomic E-state index is -0.366. The Hall–Kier alpha value is -3.53. The van der Waals surface area contributed by atoms with Crippen LogP contribution >= 0.6 is 11.3 Å². The van der Waals surface area contributed by atoms with Gasteiger partial charge in [-0.15, -0.1) is 0 Å². The molecule has 2 aromatic heterocycles. The zero-order valence-corrected chi connectivity index (χ0v) is 18.6. The second-order valence-corrected chi connectivity index (χ2v) is 8.02. The summed E-state index contributed by atoms with van der Waals surface area (Å²) < 4.78 is 11.2. The fraction of sp³-hybridized carbons (Fsp3) is 0.318. The molecule has 1 aliphatic rings. The van der Waals surface area contributed by atoms with Crippen LogP contribution in [0.3, 0.4) is 0 Å². The van der Waals surface area contributed by atoms with Crippen LogP contribution in [0.15, 0.2) is 36.8 Å². The van der Waals surface area contributed by atoms with Gasteiger partial charge in [-0.1, -0.05) is 11.3 Å². The average molecular weight is 454 g/mol. The number of benzene rings is 1. The molecule has 0 spiro atoms. The van der Waals surface area contributed by atoms with Crippen LogP contribution < -0.4 is 14.8 Å². The quantitative estimate of drug-likeness (QED) is 0.585. The number of hydrogen-bond acceptors (Lipinski definition) is 8. The number of carbonyl (C=O) groups is 2. The Balaban J connectivity index is 1.47. The zero-order valence-electron chi connectivity index (χ0n) is 17.8. The van der Waals surface area contributed by atoms with E-state index in [4.69, 9.17) is 9.47 Å². The molecule has 32 heavy (non-hydrogen) atoms. The third kappa shape index (κ3) is 4.70. The Labute approximate surface area is 189 Å². The maximum atomic E-state index is 13.1. The van der Waals surface area contributed by atoms with Gasteiger partial charge >= 0.3 is 0 Å². The van der Waals surface area contributed by atoms with E-state index in [-0.39, 0.29) is 17.5 Å². The molecule has 0 aliphatic carbocycles. The van der Waals surface area contributed by atoms with Gasteiger partial charge in [0.1, 0.15) is 5.69 Å². The standard InChI is InChI=1S/C22H23N5O4S/c1-3-30-17-6-5-14(11-18(17)31-4-2)21(29)27-10-7-15-19(13-27)32-22(25-15)26-20(28)16-12-23-8-9-24-16/h5-6,8-9,11-12H,3-4,7,10,13H2,1-2H3,(H,25,26,28). The average Bonchev–Trinajstić information content (AvgIpc) is 3.22. The lowest BCUT2D eigenvalue weighted by molar-refractivity contribution is 0.0735. The zero-order chi connectivity index (χ0) is 22.5. The first kappa shape index (κ1) is 21.7. The van der Waals surface area contributed by atoms with Gasteiger partial charge in [0, 0.05) is 35.8 Å². The molecule has 3 heterocycles. The highest BCUT2D eigenvalue weighted by Crippen LogP contribution is 2.32. The van der Waals surface area contributed by atoms with Gasteiger partial charge in [-0.3, -0.25) is 19.9 Å². The number of thiazole rings is 1. The van der Waals surface area contributed by atoms with Gasteiger partial charge in [0.15, 0.2) is 16.6 Å². The molecule has 0 radical (unpaired) electrons. The lowest BCUT2D eigenvalue weighted by Crippen LogP contribution is -2.35. The number of nitrogens with one attached hydrogen (secondary N) is 1. The smallest absolute Gasteiger partial charge is 0.277 e. The molecule has 1 N–H and O–H groups in total. The molecule has 1 aliphatic heterocycles. The van der Waals surface area contributed by atoms with Gasteiger partial charge in [-0.25, -0.2) is 9.97 Å². The molecular formula is C22H23N5O4S. The number of hydrogen-bond donors (Lipinski definition) is 1. The molecule has 10 heteroatoms. The molecular weight excluding hydrogens is 430 g/mol. The molecule has 0 bridgehead atoms. The van der Waals surface area contributed by atoms with Crippen molar-refractivity contribution >= 4 is 28.3 Å². The summed E-state index contributed by atoms with van der Waals surface area (Å²) in [7, 11) is 0. The first-order valence-corrected chi connectivity index (χ1v) is 11.2. The Bertz CT molecular complexity index is 1120. The minimum Gasteiger partial charge on any atom is -0.490 e. The summed E-state index contributed by atoms with van der Waals surface area (Å²) in [6, 6.07) is 5.25. The van der Waals surface area contributed by atoms with E-state index in [0.717, 1.165) is 10.6 Å². The molecule has 0 unspecified atom stereocenters. The highest BCUT2D eigenvalue weighted by molar-refractivity contribution is 7.15. The van der Waals surface area contributed by atoms with Gasteiger partial charge < -0.3 is 14.4 Å². The number of ether oxygens (including phenoxy) is 2. The predicted molar refractivity (Wildman–Crippen MR) is 119 cm³/mol. The molecule has 1 aromatic carbocycles. The summed E-state index contributed by atoms with van der Waals surface area (Å²) in [5, 5.41) is 3.25. The number of aromatic nitrogens is 3. The Kier molecular flexibility index (Phi) is 6.60. The largest absolute Gasteiger partial charge is 0.490 e. The van der Waals surface area contributed by atoms with Crippen LogP contribution in [0.2, 0.25) is 0 Å². The number of anilines is 1. The fourth-order valence-corrected chi connectivity index (χ4v) is 4.39. The molecule has 9 nitrogen and oxygen atoms in total. The third-order valence-corrected chi connectivity index (χ3v) is 5.82. The van der Waals surface area contributed by atoms with E-state index in [9.17, 15) is 9.59 Å². The number of rotatable bonds is 7. The van der Waals surface area contributed by atoms with Gasteiger partial charge in [-0.2, -0.15) is 0 Å². The number of amides is 2. The van der Waals surface area contributed by atoms with Crippen molar-refractivity contribution in [2.45, 2.75) is 26.8 Å². The van der Waals surface area contributed by atoms with Crippen LogP contribution in [0, 0.1) is 0 Å². The highest BCUT2D eigenvalue weighted by atomic mass is 32.1. The summed E-state index contributed by atoms with van der Waals surface area (Å²) >= 11 is 1.37. The normalized spacial score (nSPS) is 12.8. The minimum absolute atomic E-state index is 0.0850. The van der Waals surface area contributed by atoms with Crippen LogP contribution in [-0.4, -0.2) is 51.4 Å². The second kappa shape index (κ2) is 9.73. The van der Waals surface area contributed by atoms with E-state index in [1.54, 1.807) is 23.1 Å². The van der Waals surface area contributed by atoms with Crippen molar-refractivity contribution < 1.29 is 19.1 Å². The van der Waals surface area contributed by atoms with E-state index in [1.165, 1.54) is 29.9 Å². The number of fused-ring (bicyclic) bond motifs is 1. The summed E-state index contributed by atoms with van der Waals surface area (Å²) in [4.78, 5) is 40.6. The van der Waals surface area contributed by atoms with Crippen molar-refractivity contribution in [2.75, 3.05) is 25.1 Å². The SMILES string of the molecule is CCOc1ccc(C(=O)N2CCc3nc(NC(=O)c4cnccn4)sc3C2)cc1OCC. The van der Waals surface area contributed by atoms with Crippen molar-refractivity contribution in [2.24, 2.45) is 0 Å². The summed E-state index contributed by atoms with van der Waals surface area (Å²) in [6.45, 7) is 5.77. The van der Waals surface area contributed by atoms with E-state index in [2.05, 4.69) is 20.3 Å². The van der Waals surface area contributed by atoms with Crippen molar-refractivity contribution in [3.05, 3.63) is 58.6 Å². The van der Waals surface area contributed by atoms with E-state index >= 15 is 0 Å². The van der Waals surface area contributed by atoms with Gasteiger partial charge in [-0.05, 0) is 32.0 Å². The van der Waals surface area contributed by atoms with Crippen LogP contribution in [-0.2, 0) is 13.0 Å². The molecule has 2 amide bonds. The molecule has 0 fully saturated rings. The summed E-state index contributed by atoms with van der Waals surface area (Å²) in [6.07, 6.45) is 4.99. The monoisotopic (exact) mass is 453 g/mol. The van der Waals surface area contributed by atoms with Crippen LogP contribution in [0.25, 0.3) is 0 Å². The lowest BCUT2D eigenvalue weighted by Gasteiger charge is -2.26. The van der Waals surface area contributed by atoms with Gasteiger partial charge in [0.2, 0.25) is 0 Å². The number of carbonyl (C=O) groups excluding carboxylic acids is 2. The van der Waals surface area contributed by atoms with Crippen molar-refractivity contribution in [3.63, 3.8) is 0 Å². The second-order valence-electron chi connectivity index (χ2n) is 6.94. The van der Waals surface area contributed by atoms with E-state index < -0.39 is 0 Å². The Morgan fingerprint density at radius 1 is 1.16 bits per heavy atom. The van der Waals surface area contributed by atoms with E-state index in [0.29, 0.717) is 54.9 Å². The maximum absolute atomic E-state index is 13.1. The Morgan fingerprint density at radius 2 is 1.97 bits per heavy atom. The molecule has 0 saturated carbocycles. The van der Waals surface area contributed by atoms with Crippen LogP contribution in [0.1, 0.15) is 45.3 Å². The molecule has 0 atom stereocenters. The third-order valence-electron chi connectivity index (χ3n) is 4.83. The molecule has 0 saturated heterocycles. The molecule has 166 valence electrons. The van der Waals surface area contributed by atoms with Crippen molar-refractivity contribution in [1.82, 2.24) is 19.9 Å². The highest BCUT2D eigenvalue weighted by Gasteiger charge is 2.26. The van der Waals surface area contributed by atoms with Crippen molar-refractivity contribution in [3.8, 4) is 11.5 Å².